The lowest BCUT2D eigenvalue weighted by molar-refractivity contribution is 0.100. The van der Waals surface area contributed by atoms with E-state index in [9.17, 15) is 4.79 Å². The molecule has 0 fully saturated rings. The highest BCUT2D eigenvalue weighted by Gasteiger charge is 2.07. The van der Waals surface area contributed by atoms with Crippen LogP contribution in [-0.4, -0.2) is 19.4 Å². The van der Waals surface area contributed by atoms with E-state index in [0.29, 0.717) is 11.3 Å². The number of carbonyl (C=O) groups is 1. The van der Waals surface area contributed by atoms with Gasteiger partial charge in [-0.25, -0.2) is 0 Å². The number of methoxy groups -OCH3 is 1. The summed E-state index contributed by atoms with van der Waals surface area (Å²) in [5, 5.41) is 0. The van der Waals surface area contributed by atoms with Gasteiger partial charge in [0.2, 0.25) is 0 Å². The molecule has 0 bridgehead atoms. The van der Waals surface area contributed by atoms with Crippen molar-refractivity contribution < 1.29 is 9.53 Å². The molecule has 1 aromatic carbocycles. The summed E-state index contributed by atoms with van der Waals surface area (Å²) in [5.74, 6) is 0.624. The van der Waals surface area contributed by atoms with E-state index in [1.54, 1.807) is 13.2 Å². The van der Waals surface area contributed by atoms with Crippen molar-refractivity contribution in [2.24, 2.45) is 5.73 Å². The van der Waals surface area contributed by atoms with Crippen LogP contribution in [0.25, 0.3) is 0 Å². The third kappa shape index (κ3) is 2.06. The Balaban J connectivity index is 3.11. The first-order valence-electron chi connectivity index (χ1n) is 4.07. The Labute approximate surface area is 77.5 Å². The molecule has 0 radical (unpaired) electrons. The van der Waals surface area contributed by atoms with Gasteiger partial charge < -0.3 is 10.5 Å². The molecule has 0 atom stereocenters. The summed E-state index contributed by atoms with van der Waals surface area (Å²) in [6.07, 6.45) is 0. The maximum Gasteiger partial charge on any atom is 0.176 e. The number of hydrogen-bond acceptors (Lipinski definition) is 3. The minimum Gasteiger partial charge on any atom is -0.497 e. The van der Waals surface area contributed by atoms with E-state index in [-0.39, 0.29) is 12.3 Å². The third-order valence-corrected chi connectivity index (χ3v) is 1.93. The van der Waals surface area contributed by atoms with Crippen LogP contribution in [0, 0.1) is 6.92 Å². The first kappa shape index (κ1) is 9.74. The van der Waals surface area contributed by atoms with Crippen molar-refractivity contribution >= 4 is 5.78 Å². The summed E-state index contributed by atoms with van der Waals surface area (Å²) in [6, 6.07) is 5.38. The number of hydrogen-bond donors (Lipinski definition) is 1. The molecule has 13 heavy (non-hydrogen) atoms. The lowest BCUT2D eigenvalue weighted by atomic mass is 10.0. The van der Waals surface area contributed by atoms with Crippen molar-refractivity contribution in [1.29, 1.82) is 0 Å². The number of nitrogens with two attached hydrogens (primary N) is 1. The number of aryl methyl sites for hydroxylation is 1. The molecule has 0 saturated heterocycles. The molecule has 0 spiro atoms. The van der Waals surface area contributed by atoms with Crippen LogP contribution in [0.4, 0.5) is 0 Å². The first-order chi connectivity index (χ1) is 6.19. The molecule has 1 rings (SSSR count). The van der Waals surface area contributed by atoms with Crippen molar-refractivity contribution in [1.82, 2.24) is 0 Å². The lowest BCUT2D eigenvalue weighted by Crippen LogP contribution is -2.14. The summed E-state index contributed by atoms with van der Waals surface area (Å²) in [6.45, 7) is 1.91. The van der Waals surface area contributed by atoms with Crippen LogP contribution in [0.1, 0.15) is 15.9 Å². The Kier molecular flexibility index (Phi) is 3.03. The molecular formula is C10H13NO2. The van der Waals surface area contributed by atoms with Crippen LogP contribution in [0.3, 0.4) is 0 Å². The van der Waals surface area contributed by atoms with Crippen molar-refractivity contribution in [3.05, 3.63) is 29.3 Å². The lowest BCUT2D eigenvalue weighted by Gasteiger charge is -2.05. The van der Waals surface area contributed by atoms with Crippen LogP contribution < -0.4 is 10.5 Å². The zero-order valence-corrected chi connectivity index (χ0v) is 7.83. The Bertz CT molecular complexity index is 321. The summed E-state index contributed by atoms with van der Waals surface area (Å²) < 4.78 is 5.01. The molecular weight excluding hydrogens is 166 g/mol. The predicted molar refractivity (Wildman–Crippen MR) is 51.1 cm³/mol. The molecule has 0 aliphatic rings. The minimum absolute atomic E-state index is 0.0357. The van der Waals surface area contributed by atoms with Crippen LogP contribution in [-0.2, 0) is 0 Å². The molecule has 70 valence electrons. The standard InChI is InChI=1S/C10H13NO2/c1-7-3-4-8(13-2)5-9(7)10(12)6-11/h3-5H,6,11H2,1-2H3. The van der Waals surface area contributed by atoms with Crippen LogP contribution in [0.5, 0.6) is 5.75 Å². The van der Waals surface area contributed by atoms with Crippen LogP contribution in [0.15, 0.2) is 18.2 Å². The predicted octanol–water partition coefficient (Wildman–Crippen LogP) is 1.15. The van der Waals surface area contributed by atoms with Gasteiger partial charge in [0.25, 0.3) is 0 Å². The van der Waals surface area contributed by atoms with Gasteiger partial charge in [-0.2, -0.15) is 0 Å². The molecule has 0 aromatic heterocycles. The van der Waals surface area contributed by atoms with Crippen molar-refractivity contribution in [2.45, 2.75) is 6.92 Å². The van der Waals surface area contributed by atoms with Gasteiger partial charge in [-0.15, -0.1) is 0 Å². The SMILES string of the molecule is COc1ccc(C)c(C(=O)CN)c1. The number of rotatable bonds is 3. The summed E-state index contributed by atoms with van der Waals surface area (Å²) in [4.78, 5) is 11.3. The second kappa shape index (κ2) is 4.05. The normalized spacial score (nSPS) is 9.77. The van der Waals surface area contributed by atoms with Crippen LogP contribution >= 0.6 is 0 Å². The molecule has 0 heterocycles. The quantitative estimate of drug-likeness (QED) is 0.708. The van der Waals surface area contributed by atoms with Gasteiger partial charge in [-0.1, -0.05) is 6.07 Å². The van der Waals surface area contributed by atoms with Crippen molar-refractivity contribution in [3.8, 4) is 5.75 Å². The maximum atomic E-state index is 11.3. The van der Waals surface area contributed by atoms with Crippen molar-refractivity contribution in [2.75, 3.05) is 13.7 Å². The molecule has 0 amide bonds. The van der Waals surface area contributed by atoms with Crippen LogP contribution in [0.2, 0.25) is 0 Å². The van der Waals surface area contributed by atoms with Gasteiger partial charge in [0.05, 0.1) is 13.7 Å². The van der Waals surface area contributed by atoms with E-state index in [4.69, 9.17) is 10.5 Å². The van der Waals surface area contributed by atoms with E-state index in [1.165, 1.54) is 0 Å². The average molecular weight is 179 g/mol. The monoisotopic (exact) mass is 179 g/mol. The van der Waals surface area contributed by atoms with E-state index in [1.807, 2.05) is 19.1 Å². The molecule has 0 saturated carbocycles. The fourth-order valence-electron chi connectivity index (χ4n) is 1.14. The second-order valence-corrected chi connectivity index (χ2v) is 2.81. The Morgan fingerprint density at radius 2 is 2.23 bits per heavy atom. The Hall–Kier alpha value is -1.35. The smallest absolute Gasteiger partial charge is 0.176 e. The zero-order chi connectivity index (χ0) is 9.84. The number of ether oxygens (including phenoxy) is 1. The molecule has 0 unspecified atom stereocenters. The molecule has 3 heteroatoms. The highest BCUT2D eigenvalue weighted by molar-refractivity contribution is 5.99. The number of benzene rings is 1. The Morgan fingerprint density at radius 3 is 2.77 bits per heavy atom. The molecule has 0 aliphatic carbocycles. The number of ketones is 1. The molecule has 3 nitrogen and oxygen atoms in total. The summed E-state index contributed by atoms with van der Waals surface area (Å²) in [7, 11) is 1.57. The van der Waals surface area contributed by atoms with Gasteiger partial charge in [0, 0.05) is 5.56 Å². The summed E-state index contributed by atoms with van der Waals surface area (Å²) >= 11 is 0. The van der Waals surface area contributed by atoms with E-state index < -0.39 is 0 Å². The fraction of sp³-hybridized carbons (Fsp3) is 0.300. The summed E-state index contributed by atoms with van der Waals surface area (Å²) in [5.41, 5.74) is 6.84. The molecule has 2 N–H and O–H groups in total. The topological polar surface area (TPSA) is 52.3 Å². The fourth-order valence-corrected chi connectivity index (χ4v) is 1.14. The van der Waals surface area contributed by atoms with Crippen molar-refractivity contribution in [3.63, 3.8) is 0 Å². The van der Waals surface area contributed by atoms with Gasteiger partial charge in [-0.3, -0.25) is 4.79 Å². The van der Waals surface area contributed by atoms with Gasteiger partial charge in [-0.05, 0) is 24.6 Å². The largest absolute Gasteiger partial charge is 0.497 e. The highest BCUT2D eigenvalue weighted by Crippen LogP contribution is 2.16. The zero-order valence-electron chi connectivity index (χ0n) is 7.83. The van der Waals surface area contributed by atoms with E-state index in [2.05, 4.69) is 0 Å². The number of carbonyl (C=O) groups excluding carboxylic acids is 1. The van der Waals surface area contributed by atoms with Gasteiger partial charge >= 0.3 is 0 Å². The maximum absolute atomic E-state index is 11.3. The van der Waals surface area contributed by atoms with E-state index in [0.717, 1.165) is 5.56 Å². The first-order valence-corrected chi connectivity index (χ1v) is 4.07. The van der Waals surface area contributed by atoms with Gasteiger partial charge in [0.1, 0.15) is 5.75 Å². The molecule has 0 aliphatic heterocycles. The average Bonchev–Trinajstić information content (AvgIpc) is 2.17. The van der Waals surface area contributed by atoms with Gasteiger partial charge in [0.15, 0.2) is 5.78 Å². The minimum atomic E-state index is -0.0589. The number of Topliss-reactive ketones (excluding diaryl/α,β-unsaturated/α-hetero) is 1. The highest BCUT2D eigenvalue weighted by atomic mass is 16.5. The van der Waals surface area contributed by atoms with E-state index >= 15 is 0 Å². The Morgan fingerprint density at radius 1 is 1.54 bits per heavy atom. The molecule has 1 aromatic rings. The third-order valence-electron chi connectivity index (χ3n) is 1.93. The second-order valence-electron chi connectivity index (χ2n) is 2.81.